The third-order valence-electron chi connectivity index (χ3n) is 3.27. The first-order valence-electron chi connectivity index (χ1n) is 7.33. The van der Waals surface area contributed by atoms with E-state index in [4.69, 9.17) is 0 Å². The van der Waals surface area contributed by atoms with Gasteiger partial charge in [-0.15, -0.1) is 0 Å². The Balaban J connectivity index is 1.59. The van der Waals surface area contributed by atoms with Gasteiger partial charge in [0.1, 0.15) is 0 Å². The van der Waals surface area contributed by atoms with Crippen LogP contribution in [0.15, 0.2) is 47.2 Å². The lowest BCUT2D eigenvalue weighted by atomic mass is 10.1. The first kappa shape index (κ1) is 15.6. The molecule has 1 heterocycles. The van der Waals surface area contributed by atoms with E-state index in [1.165, 1.54) is 11.1 Å². The minimum Gasteiger partial charge on any atom is -0.338 e. The minimum absolute atomic E-state index is 0.0780. The molecule has 0 bridgehead atoms. The van der Waals surface area contributed by atoms with Crippen molar-refractivity contribution in [3.63, 3.8) is 0 Å². The van der Waals surface area contributed by atoms with E-state index < -0.39 is 0 Å². The number of carbonyl (C=O) groups excluding carboxylic acids is 1. The van der Waals surface area contributed by atoms with E-state index in [1.807, 2.05) is 25.1 Å². The predicted octanol–water partition coefficient (Wildman–Crippen LogP) is 3.61. The van der Waals surface area contributed by atoms with Crippen molar-refractivity contribution in [2.75, 3.05) is 6.54 Å². The van der Waals surface area contributed by atoms with Gasteiger partial charge in [-0.3, -0.25) is 0 Å². The molecule has 2 amide bonds. The van der Waals surface area contributed by atoms with Crippen LogP contribution in [0.5, 0.6) is 0 Å². The van der Waals surface area contributed by atoms with Gasteiger partial charge in [0.2, 0.25) is 0 Å². The van der Waals surface area contributed by atoms with Gasteiger partial charge in [0.05, 0.1) is 0 Å². The Morgan fingerprint density at radius 1 is 1.19 bits per heavy atom. The number of hydrogen-bond acceptors (Lipinski definition) is 2. The second kappa shape index (κ2) is 8.47. The van der Waals surface area contributed by atoms with Crippen molar-refractivity contribution >= 4 is 17.4 Å². The summed E-state index contributed by atoms with van der Waals surface area (Å²) in [7, 11) is 0. The van der Waals surface area contributed by atoms with Crippen molar-refractivity contribution in [3.8, 4) is 0 Å². The molecular formula is C17H22N2OS. The zero-order valence-electron chi connectivity index (χ0n) is 12.3. The molecule has 0 spiro atoms. The van der Waals surface area contributed by atoms with Gasteiger partial charge >= 0.3 is 6.03 Å². The maximum atomic E-state index is 11.8. The average molecular weight is 302 g/mol. The van der Waals surface area contributed by atoms with Crippen LogP contribution in [-0.2, 0) is 12.8 Å². The Labute approximate surface area is 130 Å². The summed E-state index contributed by atoms with van der Waals surface area (Å²) in [5.74, 6) is 0. The summed E-state index contributed by atoms with van der Waals surface area (Å²) in [4.78, 5) is 11.8. The van der Waals surface area contributed by atoms with Gasteiger partial charge in [-0.1, -0.05) is 30.3 Å². The molecule has 0 unspecified atom stereocenters. The number of rotatable bonds is 7. The molecule has 2 rings (SSSR count). The van der Waals surface area contributed by atoms with Crippen LogP contribution in [0.4, 0.5) is 4.79 Å². The number of thiophene rings is 1. The Hall–Kier alpha value is -1.81. The predicted molar refractivity (Wildman–Crippen MR) is 88.8 cm³/mol. The monoisotopic (exact) mass is 302 g/mol. The summed E-state index contributed by atoms with van der Waals surface area (Å²) in [6.07, 6.45) is 2.82. The summed E-state index contributed by atoms with van der Waals surface area (Å²) in [6.45, 7) is 2.73. The molecule has 0 radical (unpaired) electrons. The molecule has 0 saturated heterocycles. The van der Waals surface area contributed by atoms with Crippen molar-refractivity contribution in [3.05, 3.63) is 58.3 Å². The largest absolute Gasteiger partial charge is 0.338 e. The van der Waals surface area contributed by atoms with Gasteiger partial charge in [-0.25, -0.2) is 4.79 Å². The first-order valence-corrected chi connectivity index (χ1v) is 8.27. The van der Waals surface area contributed by atoms with Crippen LogP contribution in [-0.4, -0.2) is 18.6 Å². The number of hydrogen-bond donors (Lipinski definition) is 2. The number of nitrogens with one attached hydrogen (secondary N) is 2. The highest BCUT2D eigenvalue weighted by Crippen LogP contribution is 2.08. The van der Waals surface area contributed by atoms with Crippen molar-refractivity contribution in [1.82, 2.24) is 10.6 Å². The van der Waals surface area contributed by atoms with E-state index in [9.17, 15) is 4.79 Å². The third kappa shape index (κ3) is 6.00. The van der Waals surface area contributed by atoms with E-state index in [2.05, 4.69) is 39.6 Å². The number of aryl methyl sites for hydroxylation is 1. The van der Waals surface area contributed by atoms with Crippen LogP contribution < -0.4 is 10.6 Å². The number of urea groups is 1. The quantitative estimate of drug-likeness (QED) is 0.754. The van der Waals surface area contributed by atoms with Crippen LogP contribution >= 0.6 is 11.3 Å². The zero-order valence-corrected chi connectivity index (χ0v) is 13.2. The van der Waals surface area contributed by atoms with Gasteiger partial charge < -0.3 is 10.6 Å². The zero-order chi connectivity index (χ0) is 14.9. The van der Waals surface area contributed by atoms with Gasteiger partial charge in [-0.05, 0) is 54.1 Å². The standard InChI is InChI=1S/C17H22N2OS/c1-14(12-16-9-11-21-13-16)19-17(20)18-10-5-8-15-6-3-2-4-7-15/h2-4,6-7,9,11,13-14H,5,8,10,12H2,1H3,(H2,18,19,20)/t14-/m1/s1. The SMILES string of the molecule is C[C@H](Cc1ccsc1)NC(=O)NCCCc1ccccc1. The van der Waals surface area contributed by atoms with E-state index in [0.29, 0.717) is 6.54 Å². The fourth-order valence-electron chi connectivity index (χ4n) is 2.23. The Morgan fingerprint density at radius 3 is 2.71 bits per heavy atom. The van der Waals surface area contributed by atoms with Gasteiger partial charge in [0, 0.05) is 12.6 Å². The topological polar surface area (TPSA) is 41.1 Å². The molecule has 0 aliphatic carbocycles. The second-order valence-electron chi connectivity index (χ2n) is 5.23. The highest BCUT2D eigenvalue weighted by molar-refractivity contribution is 7.07. The number of benzene rings is 1. The third-order valence-corrected chi connectivity index (χ3v) is 4.00. The lowest BCUT2D eigenvalue weighted by molar-refractivity contribution is 0.237. The van der Waals surface area contributed by atoms with Crippen LogP contribution in [0.3, 0.4) is 0 Å². The molecule has 0 aliphatic heterocycles. The Bertz CT molecular complexity index is 525. The summed E-state index contributed by atoms with van der Waals surface area (Å²) < 4.78 is 0. The molecule has 1 aromatic heterocycles. The Kier molecular flexibility index (Phi) is 6.28. The fourth-order valence-corrected chi connectivity index (χ4v) is 2.91. The molecule has 0 aliphatic rings. The minimum atomic E-state index is -0.0780. The van der Waals surface area contributed by atoms with Crippen molar-refractivity contribution < 1.29 is 4.79 Å². The van der Waals surface area contributed by atoms with Crippen LogP contribution in [0.2, 0.25) is 0 Å². The highest BCUT2D eigenvalue weighted by atomic mass is 32.1. The molecule has 112 valence electrons. The first-order chi connectivity index (χ1) is 10.2. The smallest absolute Gasteiger partial charge is 0.315 e. The molecule has 2 N–H and O–H groups in total. The lowest BCUT2D eigenvalue weighted by Gasteiger charge is -2.14. The maximum Gasteiger partial charge on any atom is 0.315 e. The van der Waals surface area contributed by atoms with E-state index in [0.717, 1.165) is 19.3 Å². The van der Waals surface area contributed by atoms with Gasteiger partial charge in [0.25, 0.3) is 0 Å². The van der Waals surface area contributed by atoms with Crippen molar-refractivity contribution in [2.24, 2.45) is 0 Å². The van der Waals surface area contributed by atoms with Crippen LogP contribution in [0, 0.1) is 0 Å². The lowest BCUT2D eigenvalue weighted by Crippen LogP contribution is -2.42. The molecule has 1 atom stereocenters. The van der Waals surface area contributed by atoms with Crippen molar-refractivity contribution in [1.29, 1.82) is 0 Å². The summed E-state index contributed by atoms with van der Waals surface area (Å²) in [6, 6.07) is 12.5. The van der Waals surface area contributed by atoms with Gasteiger partial charge in [-0.2, -0.15) is 11.3 Å². The molecule has 0 saturated carbocycles. The maximum absolute atomic E-state index is 11.8. The average Bonchev–Trinajstić information content (AvgIpc) is 2.97. The molecule has 4 heteroatoms. The molecule has 0 fully saturated rings. The molecule has 21 heavy (non-hydrogen) atoms. The van der Waals surface area contributed by atoms with E-state index >= 15 is 0 Å². The fraction of sp³-hybridized carbons (Fsp3) is 0.353. The summed E-state index contributed by atoms with van der Waals surface area (Å²) >= 11 is 1.69. The van der Waals surface area contributed by atoms with Crippen LogP contribution in [0.1, 0.15) is 24.5 Å². The summed E-state index contributed by atoms with van der Waals surface area (Å²) in [5, 5.41) is 10.1. The van der Waals surface area contributed by atoms with Gasteiger partial charge in [0.15, 0.2) is 0 Å². The van der Waals surface area contributed by atoms with Crippen LogP contribution in [0.25, 0.3) is 0 Å². The number of carbonyl (C=O) groups is 1. The normalized spacial score (nSPS) is 11.9. The van der Waals surface area contributed by atoms with E-state index in [-0.39, 0.29) is 12.1 Å². The second-order valence-corrected chi connectivity index (χ2v) is 6.01. The Morgan fingerprint density at radius 2 is 2.00 bits per heavy atom. The highest BCUT2D eigenvalue weighted by Gasteiger charge is 2.07. The van der Waals surface area contributed by atoms with Crippen molar-refractivity contribution in [2.45, 2.75) is 32.2 Å². The molecule has 1 aromatic carbocycles. The molecule has 2 aromatic rings. The molecule has 3 nitrogen and oxygen atoms in total. The summed E-state index contributed by atoms with van der Waals surface area (Å²) in [5.41, 5.74) is 2.59. The molecular weight excluding hydrogens is 280 g/mol. The number of amides is 2. The van der Waals surface area contributed by atoms with E-state index in [1.54, 1.807) is 11.3 Å².